The largest absolute Gasteiger partial charge is 0.445 e. The Morgan fingerprint density at radius 2 is 1.09 bits per heavy atom. The lowest BCUT2D eigenvalue weighted by atomic mass is 9.93. The molecule has 4 rings (SSSR count). The van der Waals surface area contributed by atoms with Crippen molar-refractivity contribution in [2.24, 2.45) is 11.8 Å². The Balaban J connectivity index is 1.57. The zero-order valence-electron chi connectivity index (χ0n) is 32.1. The summed E-state index contributed by atoms with van der Waals surface area (Å²) in [6.45, 7) is 8.07. The fourth-order valence-electron chi connectivity index (χ4n) is 6.12. The first kappa shape index (κ1) is 42.2. The van der Waals surface area contributed by atoms with Crippen molar-refractivity contribution >= 4 is 23.8 Å². The van der Waals surface area contributed by atoms with Gasteiger partial charge in [-0.25, -0.2) is 4.79 Å². The molecule has 0 aliphatic heterocycles. The number of aliphatic hydroxyl groups is 1. The van der Waals surface area contributed by atoms with Crippen molar-refractivity contribution in [1.29, 1.82) is 0 Å². The van der Waals surface area contributed by atoms with E-state index in [0.29, 0.717) is 6.42 Å². The van der Waals surface area contributed by atoms with Crippen LogP contribution in [0.15, 0.2) is 121 Å². The third-order valence-corrected chi connectivity index (χ3v) is 9.12. The van der Waals surface area contributed by atoms with Crippen LogP contribution >= 0.6 is 0 Å². The molecule has 55 heavy (non-hydrogen) atoms. The molecule has 0 aliphatic carbocycles. The fourth-order valence-corrected chi connectivity index (χ4v) is 6.12. The van der Waals surface area contributed by atoms with Crippen molar-refractivity contribution in [1.82, 2.24) is 26.6 Å². The van der Waals surface area contributed by atoms with Gasteiger partial charge in [0.05, 0.1) is 12.1 Å². The summed E-state index contributed by atoms with van der Waals surface area (Å²) in [7, 11) is 0. The van der Waals surface area contributed by atoms with Gasteiger partial charge in [-0.1, -0.05) is 149 Å². The summed E-state index contributed by atoms with van der Waals surface area (Å²) < 4.78 is 5.42. The van der Waals surface area contributed by atoms with Gasteiger partial charge in [-0.05, 0) is 46.9 Å². The molecule has 0 bridgehead atoms. The van der Waals surface area contributed by atoms with Crippen LogP contribution in [0.3, 0.4) is 0 Å². The van der Waals surface area contributed by atoms with Gasteiger partial charge < -0.3 is 31.1 Å². The maximum atomic E-state index is 14.3. The summed E-state index contributed by atoms with van der Waals surface area (Å²) in [5.74, 6) is -1.76. The summed E-state index contributed by atoms with van der Waals surface area (Å²) in [5.41, 5.74) is 3.39. The van der Waals surface area contributed by atoms with Crippen molar-refractivity contribution in [3.63, 3.8) is 0 Å². The van der Waals surface area contributed by atoms with Gasteiger partial charge in [0.25, 0.3) is 0 Å². The lowest BCUT2D eigenvalue weighted by Crippen LogP contribution is -2.63. The summed E-state index contributed by atoms with van der Waals surface area (Å²) >= 11 is 0. The minimum absolute atomic E-state index is 0.0229. The molecular weight excluding hydrogens is 695 g/mol. The monoisotopic (exact) mass is 749 g/mol. The second kappa shape index (κ2) is 22.0. The van der Waals surface area contributed by atoms with Gasteiger partial charge in [-0.3, -0.25) is 19.7 Å². The SMILES string of the molecule is CC(C)C[C@H](NC(=O)OCc1ccccc1)C(=O)NC(Cc1ccccc1)C(O)C(NCc1ccccc1)C(=O)N[C@H](C(=O)NCc1ccccc1)C(C)C. The van der Waals surface area contributed by atoms with Crippen molar-refractivity contribution in [3.8, 4) is 0 Å². The van der Waals surface area contributed by atoms with E-state index in [4.69, 9.17) is 4.74 Å². The van der Waals surface area contributed by atoms with Crippen LogP contribution in [0, 0.1) is 11.8 Å². The Bertz CT molecular complexity index is 1760. The summed E-state index contributed by atoms with van der Waals surface area (Å²) in [4.78, 5) is 54.7. The summed E-state index contributed by atoms with van der Waals surface area (Å²) in [5, 5.41) is 26.9. The number of hydrogen-bond acceptors (Lipinski definition) is 7. The van der Waals surface area contributed by atoms with Crippen LogP contribution in [0.4, 0.5) is 4.79 Å². The first-order valence-corrected chi connectivity index (χ1v) is 18.9. The zero-order chi connectivity index (χ0) is 39.6. The molecule has 5 atom stereocenters. The summed E-state index contributed by atoms with van der Waals surface area (Å²) in [6.07, 6.45) is -1.76. The standard InChI is InChI=1S/C44H55N5O6/c1-30(2)25-37(48-44(54)55-29-35-23-15-8-16-24-35)41(51)47-36(26-32-17-9-5-10-18-32)40(50)39(45-27-33-19-11-6-12-20-33)43(53)49-38(31(3)4)42(52)46-28-34-21-13-7-14-22-34/h5-24,30-31,36-40,45,50H,25-29H2,1-4H3,(H,46,52)(H,47,51)(H,48,54)(H,49,53)/t36?,37-,38-,39?,40?/m0/s1. The average molecular weight is 750 g/mol. The highest BCUT2D eigenvalue weighted by molar-refractivity contribution is 5.90. The maximum Gasteiger partial charge on any atom is 0.408 e. The highest BCUT2D eigenvalue weighted by atomic mass is 16.5. The number of carbonyl (C=O) groups excluding carboxylic acids is 4. The number of alkyl carbamates (subject to hydrolysis) is 1. The second-order valence-electron chi connectivity index (χ2n) is 14.5. The van der Waals surface area contributed by atoms with Crippen LogP contribution in [-0.2, 0) is 45.2 Å². The van der Waals surface area contributed by atoms with Crippen molar-refractivity contribution in [2.45, 2.75) is 90.5 Å². The minimum Gasteiger partial charge on any atom is -0.445 e. The first-order valence-electron chi connectivity index (χ1n) is 18.9. The smallest absolute Gasteiger partial charge is 0.408 e. The van der Waals surface area contributed by atoms with Gasteiger partial charge in [0.2, 0.25) is 17.7 Å². The first-order chi connectivity index (χ1) is 26.5. The van der Waals surface area contributed by atoms with E-state index in [1.807, 2.05) is 149 Å². The zero-order valence-corrected chi connectivity index (χ0v) is 32.1. The van der Waals surface area contributed by atoms with E-state index >= 15 is 0 Å². The van der Waals surface area contributed by atoms with E-state index in [0.717, 1.165) is 22.3 Å². The number of rotatable bonds is 20. The molecule has 0 spiro atoms. The molecule has 11 nitrogen and oxygen atoms in total. The van der Waals surface area contributed by atoms with Crippen LogP contribution in [0.2, 0.25) is 0 Å². The Morgan fingerprint density at radius 1 is 0.582 bits per heavy atom. The molecule has 0 radical (unpaired) electrons. The molecule has 0 saturated carbocycles. The molecule has 3 unspecified atom stereocenters. The van der Waals surface area contributed by atoms with E-state index in [9.17, 15) is 24.3 Å². The third-order valence-electron chi connectivity index (χ3n) is 9.12. The minimum atomic E-state index is -1.47. The lowest BCUT2D eigenvalue weighted by molar-refractivity contribution is -0.133. The Kier molecular flexibility index (Phi) is 16.9. The molecule has 11 heteroatoms. The van der Waals surface area contributed by atoms with E-state index in [2.05, 4.69) is 26.6 Å². The highest BCUT2D eigenvalue weighted by Crippen LogP contribution is 2.15. The molecule has 0 aliphatic rings. The highest BCUT2D eigenvalue weighted by Gasteiger charge is 2.37. The van der Waals surface area contributed by atoms with E-state index in [1.54, 1.807) is 0 Å². The molecule has 6 N–H and O–H groups in total. The number of nitrogens with one attached hydrogen (secondary N) is 5. The summed E-state index contributed by atoms with van der Waals surface area (Å²) in [6, 6.07) is 33.3. The van der Waals surface area contributed by atoms with Crippen LogP contribution < -0.4 is 26.6 Å². The molecule has 0 aromatic heterocycles. The molecule has 0 saturated heterocycles. The van der Waals surface area contributed by atoms with Crippen LogP contribution in [0.1, 0.15) is 56.4 Å². The van der Waals surface area contributed by atoms with Crippen molar-refractivity contribution in [3.05, 3.63) is 144 Å². The van der Waals surface area contributed by atoms with Crippen molar-refractivity contribution < 1.29 is 29.0 Å². The number of carbonyl (C=O) groups is 4. The molecular formula is C44H55N5O6. The molecule has 292 valence electrons. The molecule has 4 amide bonds. The number of benzene rings is 4. The molecule has 0 heterocycles. The number of ether oxygens (including phenoxy) is 1. The van der Waals surface area contributed by atoms with Crippen LogP contribution in [0.5, 0.6) is 0 Å². The number of hydrogen-bond donors (Lipinski definition) is 6. The third kappa shape index (κ3) is 14.3. The Labute approximate surface area is 324 Å². The Morgan fingerprint density at radius 3 is 1.62 bits per heavy atom. The average Bonchev–Trinajstić information content (AvgIpc) is 3.19. The normalized spacial score (nSPS) is 13.9. The van der Waals surface area contributed by atoms with E-state index in [1.165, 1.54) is 0 Å². The maximum absolute atomic E-state index is 14.3. The van der Waals surface area contributed by atoms with E-state index < -0.39 is 48.2 Å². The topological polar surface area (TPSA) is 158 Å². The fraction of sp³-hybridized carbons (Fsp3) is 0.364. The quantitative estimate of drug-likeness (QED) is 0.0740. The Hall–Kier alpha value is -5.52. The molecule has 4 aromatic carbocycles. The van der Waals surface area contributed by atoms with Gasteiger partial charge in [0.15, 0.2) is 0 Å². The van der Waals surface area contributed by atoms with Gasteiger partial charge in [0.1, 0.15) is 24.7 Å². The van der Waals surface area contributed by atoms with Crippen LogP contribution in [-0.4, -0.2) is 59.2 Å². The van der Waals surface area contributed by atoms with Gasteiger partial charge in [-0.15, -0.1) is 0 Å². The van der Waals surface area contributed by atoms with Crippen molar-refractivity contribution in [2.75, 3.05) is 0 Å². The van der Waals surface area contributed by atoms with E-state index in [-0.39, 0.29) is 43.9 Å². The number of amides is 4. The van der Waals surface area contributed by atoms with Gasteiger partial charge >= 0.3 is 6.09 Å². The predicted octanol–water partition coefficient (Wildman–Crippen LogP) is 5.03. The molecule has 0 fully saturated rings. The predicted molar refractivity (Wildman–Crippen MR) is 213 cm³/mol. The second-order valence-corrected chi connectivity index (χ2v) is 14.5. The van der Waals surface area contributed by atoms with Gasteiger partial charge in [-0.2, -0.15) is 0 Å². The molecule has 4 aromatic rings. The van der Waals surface area contributed by atoms with Crippen LogP contribution in [0.25, 0.3) is 0 Å². The lowest BCUT2D eigenvalue weighted by Gasteiger charge is -2.33. The van der Waals surface area contributed by atoms with Gasteiger partial charge in [0, 0.05) is 13.1 Å². The number of aliphatic hydroxyl groups excluding tert-OH is 1.